The van der Waals surface area contributed by atoms with Gasteiger partial charge in [0.1, 0.15) is 0 Å². The molecule has 1 unspecified atom stereocenters. The van der Waals surface area contributed by atoms with Crippen LogP contribution in [0.3, 0.4) is 0 Å². The molecule has 0 bridgehead atoms. The van der Waals surface area contributed by atoms with Crippen LogP contribution in [0.2, 0.25) is 0 Å². The van der Waals surface area contributed by atoms with Crippen LogP contribution in [0.4, 0.5) is 5.69 Å². The molecule has 8 nitrogen and oxygen atoms in total. The molecule has 108 valence electrons. The highest BCUT2D eigenvalue weighted by Gasteiger charge is 2.36. The number of hydrogen-bond donors (Lipinski definition) is 3. The maximum atomic E-state index is 12.0. The molecule has 1 atom stereocenters. The highest BCUT2D eigenvalue weighted by molar-refractivity contribution is 6.06. The van der Waals surface area contributed by atoms with Crippen molar-refractivity contribution in [2.24, 2.45) is 5.92 Å². The quantitative estimate of drug-likeness (QED) is 0.697. The minimum Gasteiger partial charge on any atom is -0.481 e. The summed E-state index contributed by atoms with van der Waals surface area (Å²) in [6.07, 6.45) is -0.118. The average molecular weight is 289 g/mol. The molecule has 1 aromatic heterocycles. The lowest BCUT2D eigenvalue weighted by Crippen LogP contribution is -2.28. The third-order valence-electron chi connectivity index (χ3n) is 3.57. The number of H-pyrrole nitrogens is 2. The number of aromatic nitrogens is 2. The maximum Gasteiger partial charge on any atom is 0.308 e. The third kappa shape index (κ3) is 2.00. The van der Waals surface area contributed by atoms with E-state index in [0.717, 1.165) is 0 Å². The zero-order valence-electron chi connectivity index (χ0n) is 10.8. The van der Waals surface area contributed by atoms with Crippen molar-refractivity contribution < 1.29 is 14.7 Å². The highest BCUT2D eigenvalue weighted by atomic mass is 16.4. The van der Waals surface area contributed by atoms with Gasteiger partial charge in [-0.2, -0.15) is 0 Å². The summed E-state index contributed by atoms with van der Waals surface area (Å²) in [4.78, 5) is 47.9. The molecule has 3 rings (SSSR count). The van der Waals surface area contributed by atoms with Crippen molar-refractivity contribution >= 4 is 28.3 Å². The second-order valence-electron chi connectivity index (χ2n) is 4.85. The topological polar surface area (TPSA) is 123 Å². The Morgan fingerprint density at radius 3 is 2.57 bits per heavy atom. The molecular formula is C13H11N3O5. The normalized spacial score (nSPS) is 18.4. The molecule has 0 aliphatic carbocycles. The molecular weight excluding hydrogens is 278 g/mol. The van der Waals surface area contributed by atoms with Crippen LogP contribution in [0.1, 0.15) is 6.42 Å². The van der Waals surface area contributed by atoms with Gasteiger partial charge in [0.2, 0.25) is 5.91 Å². The van der Waals surface area contributed by atoms with Crippen molar-refractivity contribution in [2.45, 2.75) is 6.42 Å². The van der Waals surface area contributed by atoms with E-state index in [-0.39, 0.29) is 35.3 Å². The molecule has 8 heteroatoms. The summed E-state index contributed by atoms with van der Waals surface area (Å²) in [6, 6.07) is 4.55. The first-order valence-electron chi connectivity index (χ1n) is 6.26. The molecule has 1 aliphatic heterocycles. The lowest BCUT2D eigenvalue weighted by Gasteiger charge is -2.17. The monoisotopic (exact) mass is 289 g/mol. The van der Waals surface area contributed by atoms with Gasteiger partial charge in [0, 0.05) is 13.0 Å². The van der Waals surface area contributed by atoms with E-state index in [1.54, 1.807) is 6.07 Å². The van der Waals surface area contributed by atoms with E-state index in [9.17, 15) is 19.2 Å². The fourth-order valence-electron chi connectivity index (χ4n) is 2.54. The number of amides is 1. The Kier molecular flexibility index (Phi) is 2.86. The van der Waals surface area contributed by atoms with Crippen LogP contribution in [-0.4, -0.2) is 33.7 Å². The number of benzene rings is 1. The van der Waals surface area contributed by atoms with Crippen molar-refractivity contribution in [2.75, 3.05) is 11.4 Å². The summed E-state index contributed by atoms with van der Waals surface area (Å²) in [5.74, 6) is -2.25. The van der Waals surface area contributed by atoms with E-state index in [1.807, 2.05) is 0 Å². The number of carbonyl (C=O) groups excluding carboxylic acids is 1. The van der Waals surface area contributed by atoms with Gasteiger partial charge < -0.3 is 10.0 Å². The summed E-state index contributed by atoms with van der Waals surface area (Å²) >= 11 is 0. The second-order valence-corrected chi connectivity index (χ2v) is 4.85. The summed E-state index contributed by atoms with van der Waals surface area (Å²) in [5, 5.41) is 13.7. The second kappa shape index (κ2) is 4.58. The minimum absolute atomic E-state index is 0.0144. The van der Waals surface area contributed by atoms with Crippen LogP contribution in [0.5, 0.6) is 0 Å². The molecule has 0 radical (unpaired) electrons. The van der Waals surface area contributed by atoms with Crippen LogP contribution in [-0.2, 0) is 9.59 Å². The van der Waals surface area contributed by atoms with Crippen molar-refractivity contribution in [1.82, 2.24) is 10.2 Å². The zero-order valence-corrected chi connectivity index (χ0v) is 10.8. The van der Waals surface area contributed by atoms with Crippen molar-refractivity contribution in [3.63, 3.8) is 0 Å². The molecule has 1 aliphatic rings. The molecule has 1 saturated heterocycles. The summed E-state index contributed by atoms with van der Waals surface area (Å²) in [6.45, 7) is -0.0144. The van der Waals surface area contributed by atoms with Gasteiger partial charge in [0.25, 0.3) is 11.1 Å². The Morgan fingerprint density at radius 1 is 1.19 bits per heavy atom. The van der Waals surface area contributed by atoms with Crippen molar-refractivity contribution in [1.29, 1.82) is 0 Å². The Bertz CT molecular complexity index is 866. The van der Waals surface area contributed by atoms with Gasteiger partial charge in [-0.15, -0.1) is 0 Å². The minimum atomic E-state index is -1.06. The highest BCUT2D eigenvalue weighted by Crippen LogP contribution is 2.28. The first-order valence-corrected chi connectivity index (χ1v) is 6.26. The Morgan fingerprint density at radius 2 is 1.90 bits per heavy atom. The SMILES string of the molecule is O=C(O)C1CC(=O)N(c2cccc3c(=O)[nH][nH]c(=O)c23)C1. The lowest BCUT2D eigenvalue weighted by molar-refractivity contribution is -0.141. The van der Waals surface area contributed by atoms with E-state index in [4.69, 9.17) is 5.11 Å². The number of hydrogen-bond acceptors (Lipinski definition) is 4. The van der Waals surface area contributed by atoms with Crippen LogP contribution in [0.15, 0.2) is 27.8 Å². The lowest BCUT2D eigenvalue weighted by atomic mass is 10.1. The fraction of sp³-hybridized carbons (Fsp3) is 0.231. The molecule has 1 amide bonds. The number of aromatic amines is 2. The number of carbonyl (C=O) groups is 2. The summed E-state index contributed by atoms with van der Waals surface area (Å²) < 4.78 is 0. The van der Waals surface area contributed by atoms with Crippen LogP contribution in [0.25, 0.3) is 10.8 Å². The van der Waals surface area contributed by atoms with Gasteiger partial charge in [0.15, 0.2) is 0 Å². The zero-order chi connectivity index (χ0) is 15.1. The number of carboxylic acid groups (broad SMARTS) is 1. The van der Waals surface area contributed by atoms with Crippen molar-refractivity contribution in [3.8, 4) is 0 Å². The third-order valence-corrected chi connectivity index (χ3v) is 3.57. The van der Waals surface area contributed by atoms with Gasteiger partial charge in [-0.25, -0.2) is 0 Å². The molecule has 21 heavy (non-hydrogen) atoms. The summed E-state index contributed by atoms with van der Waals surface area (Å²) in [7, 11) is 0. The van der Waals surface area contributed by atoms with E-state index < -0.39 is 23.0 Å². The van der Waals surface area contributed by atoms with Gasteiger partial charge in [-0.05, 0) is 12.1 Å². The van der Waals surface area contributed by atoms with E-state index >= 15 is 0 Å². The average Bonchev–Trinajstić information content (AvgIpc) is 2.85. The number of aliphatic carboxylic acids is 1. The van der Waals surface area contributed by atoms with Gasteiger partial charge in [0.05, 0.1) is 22.4 Å². The smallest absolute Gasteiger partial charge is 0.308 e. The molecule has 2 heterocycles. The van der Waals surface area contributed by atoms with Crippen molar-refractivity contribution in [3.05, 3.63) is 38.9 Å². The largest absolute Gasteiger partial charge is 0.481 e. The van der Waals surface area contributed by atoms with Gasteiger partial charge in [-0.1, -0.05) is 6.07 Å². The Hall–Kier alpha value is -2.90. The molecule has 0 saturated carbocycles. The van der Waals surface area contributed by atoms with E-state index in [1.165, 1.54) is 17.0 Å². The van der Waals surface area contributed by atoms with Crippen LogP contribution in [0, 0.1) is 5.92 Å². The molecule has 1 fully saturated rings. The fourth-order valence-corrected chi connectivity index (χ4v) is 2.54. The van der Waals surface area contributed by atoms with Gasteiger partial charge >= 0.3 is 5.97 Å². The standard InChI is InChI=1S/C13H11N3O5/c17-9-4-6(13(20)21)5-16(9)8-3-1-2-7-10(8)12(19)15-14-11(7)18/h1-3,6H,4-5H2,(H,14,18)(H,15,19)(H,20,21). The predicted octanol–water partition coefficient (Wildman–Crippen LogP) is -0.346. The first-order chi connectivity index (χ1) is 9.99. The Labute approximate surface area is 117 Å². The predicted molar refractivity (Wildman–Crippen MR) is 73.3 cm³/mol. The molecule has 2 aromatic rings. The number of anilines is 1. The summed E-state index contributed by atoms with van der Waals surface area (Å²) in [5.41, 5.74) is -0.756. The molecule has 3 N–H and O–H groups in total. The Balaban J connectivity index is 2.20. The van der Waals surface area contributed by atoms with E-state index in [2.05, 4.69) is 10.2 Å². The van der Waals surface area contributed by atoms with Crippen LogP contribution < -0.4 is 16.0 Å². The number of rotatable bonds is 2. The number of nitrogens with one attached hydrogen (secondary N) is 2. The molecule has 1 aromatic carbocycles. The first kappa shape index (κ1) is 13.1. The molecule has 0 spiro atoms. The van der Waals surface area contributed by atoms with Crippen LogP contribution >= 0.6 is 0 Å². The number of fused-ring (bicyclic) bond motifs is 1. The number of carboxylic acids is 1. The number of nitrogens with zero attached hydrogens (tertiary/aromatic N) is 1. The maximum absolute atomic E-state index is 12.0. The van der Waals surface area contributed by atoms with Gasteiger partial charge in [-0.3, -0.25) is 29.4 Å². The van der Waals surface area contributed by atoms with E-state index in [0.29, 0.717) is 0 Å².